The van der Waals surface area contributed by atoms with Gasteiger partial charge in [-0.3, -0.25) is 0 Å². The number of thioether (sulfide) groups is 1. The number of aromatic nitrogens is 2. The minimum atomic E-state index is -0.487. The number of carbonyl (C=O) groups excluding carboxylic acids is 1. The lowest BCUT2D eigenvalue weighted by Gasteiger charge is -2.18. The van der Waals surface area contributed by atoms with Gasteiger partial charge in [-0.2, -0.15) is 9.78 Å². The largest absolute Gasteiger partial charge is 0.442 e. The van der Waals surface area contributed by atoms with E-state index >= 15 is 0 Å². The van der Waals surface area contributed by atoms with Crippen molar-refractivity contribution in [1.29, 1.82) is 0 Å². The normalized spacial score (nSPS) is 19.0. The second-order valence-corrected chi connectivity index (χ2v) is 8.27. The van der Waals surface area contributed by atoms with Crippen molar-refractivity contribution in [3.8, 4) is 0 Å². The summed E-state index contributed by atoms with van der Waals surface area (Å²) < 4.78 is 6.61. The van der Waals surface area contributed by atoms with Crippen LogP contribution in [-0.2, 0) is 4.74 Å². The first-order valence-corrected chi connectivity index (χ1v) is 8.83. The van der Waals surface area contributed by atoms with E-state index in [1.165, 1.54) is 30.4 Å². The molecule has 0 spiro atoms. The van der Waals surface area contributed by atoms with Gasteiger partial charge in [-0.15, -0.1) is 11.8 Å². The Balaban J connectivity index is 1.53. The predicted molar refractivity (Wildman–Crippen MR) is 83.5 cm³/mol. The highest BCUT2D eigenvalue weighted by molar-refractivity contribution is 7.99. The highest BCUT2D eigenvalue weighted by Gasteiger charge is 2.41. The Morgan fingerprint density at radius 3 is 2.52 bits per heavy atom. The second-order valence-electron chi connectivity index (χ2n) is 7.23. The molecule has 0 N–H and O–H groups in total. The van der Waals surface area contributed by atoms with Gasteiger partial charge in [0.25, 0.3) is 0 Å². The number of hydrogen-bond donors (Lipinski definition) is 0. The molecule has 1 aromatic heterocycles. The molecule has 21 heavy (non-hydrogen) atoms. The highest BCUT2D eigenvalue weighted by Crippen LogP contribution is 2.50. The monoisotopic (exact) mass is 308 g/mol. The van der Waals surface area contributed by atoms with Crippen LogP contribution in [0.1, 0.15) is 46.5 Å². The van der Waals surface area contributed by atoms with Crippen LogP contribution in [0.15, 0.2) is 17.3 Å². The fourth-order valence-electron chi connectivity index (χ4n) is 2.68. The Kier molecular flexibility index (Phi) is 4.04. The van der Waals surface area contributed by atoms with Crippen molar-refractivity contribution in [3.63, 3.8) is 0 Å². The fraction of sp³-hybridized carbons (Fsp3) is 0.750. The quantitative estimate of drug-likeness (QED) is 0.765. The maximum absolute atomic E-state index is 11.9. The van der Waals surface area contributed by atoms with Crippen LogP contribution in [0, 0.1) is 17.8 Å². The summed E-state index contributed by atoms with van der Waals surface area (Å²) in [5, 5.41) is 5.25. The molecule has 0 bridgehead atoms. The molecule has 1 aromatic rings. The molecule has 0 unspecified atom stereocenters. The van der Waals surface area contributed by atoms with Crippen molar-refractivity contribution in [2.75, 3.05) is 5.75 Å². The summed E-state index contributed by atoms with van der Waals surface area (Å²) in [7, 11) is 0. The van der Waals surface area contributed by atoms with Crippen molar-refractivity contribution in [2.24, 2.45) is 17.8 Å². The van der Waals surface area contributed by atoms with Gasteiger partial charge in [-0.1, -0.05) is 0 Å². The molecule has 2 aliphatic carbocycles. The highest BCUT2D eigenvalue weighted by atomic mass is 32.2. The first-order chi connectivity index (χ1) is 9.92. The summed E-state index contributed by atoms with van der Waals surface area (Å²) in [5.74, 6) is 3.92. The van der Waals surface area contributed by atoms with Crippen LogP contribution >= 0.6 is 11.8 Å². The lowest BCUT2D eigenvalue weighted by molar-refractivity contribution is 0.0512. The van der Waals surface area contributed by atoms with Gasteiger partial charge in [-0.25, -0.2) is 4.79 Å². The molecule has 2 fully saturated rings. The molecule has 0 radical (unpaired) electrons. The maximum atomic E-state index is 11.9. The van der Waals surface area contributed by atoms with E-state index in [1.807, 2.05) is 26.8 Å². The molecule has 116 valence electrons. The molecule has 5 heteroatoms. The summed E-state index contributed by atoms with van der Waals surface area (Å²) in [6.45, 7) is 5.58. The summed E-state index contributed by atoms with van der Waals surface area (Å²) >= 11 is 1.78. The van der Waals surface area contributed by atoms with E-state index in [0.29, 0.717) is 0 Å². The molecule has 4 nitrogen and oxygen atoms in total. The molecule has 2 aliphatic rings. The van der Waals surface area contributed by atoms with E-state index < -0.39 is 11.7 Å². The summed E-state index contributed by atoms with van der Waals surface area (Å²) in [6, 6.07) is 1.91. The van der Waals surface area contributed by atoms with Gasteiger partial charge in [0.05, 0.1) is 0 Å². The number of nitrogens with zero attached hydrogens (tertiary/aromatic N) is 2. The molecule has 0 amide bonds. The van der Waals surface area contributed by atoms with Crippen molar-refractivity contribution < 1.29 is 9.53 Å². The van der Waals surface area contributed by atoms with E-state index in [9.17, 15) is 4.79 Å². The van der Waals surface area contributed by atoms with Crippen LogP contribution < -0.4 is 0 Å². The van der Waals surface area contributed by atoms with Gasteiger partial charge >= 0.3 is 6.09 Å². The third-order valence-corrected chi connectivity index (χ3v) is 5.09. The van der Waals surface area contributed by atoms with Gasteiger partial charge in [0, 0.05) is 11.9 Å². The minimum Gasteiger partial charge on any atom is -0.442 e. The number of carbonyl (C=O) groups is 1. The topological polar surface area (TPSA) is 44.1 Å². The zero-order valence-corrected chi connectivity index (χ0v) is 13.9. The van der Waals surface area contributed by atoms with Gasteiger partial charge in [-0.05, 0) is 70.3 Å². The van der Waals surface area contributed by atoms with Gasteiger partial charge in [0.15, 0.2) is 0 Å². The van der Waals surface area contributed by atoms with E-state index in [4.69, 9.17) is 4.74 Å². The Labute approximate surface area is 130 Å². The molecular formula is C16H24N2O2S. The van der Waals surface area contributed by atoms with Crippen molar-refractivity contribution in [3.05, 3.63) is 12.3 Å². The number of ether oxygens (including phenoxy) is 1. The lowest BCUT2D eigenvalue weighted by atomic mass is 10.0. The van der Waals surface area contributed by atoms with Gasteiger partial charge in [0.1, 0.15) is 10.6 Å². The van der Waals surface area contributed by atoms with Crippen LogP contribution in [0.4, 0.5) is 4.79 Å². The molecule has 1 heterocycles. The Hall–Kier alpha value is -0.970. The Morgan fingerprint density at radius 2 is 2.00 bits per heavy atom. The van der Waals surface area contributed by atoms with E-state index in [2.05, 4.69) is 5.10 Å². The first kappa shape index (κ1) is 14.9. The minimum absolute atomic E-state index is 0.407. The van der Waals surface area contributed by atoms with Crippen LogP contribution in [0.2, 0.25) is 0 Å². The predicted octanol–water partition coefficient (Wildman–Crippen LogP) is 4.19. The Bertz CT molecular complexity index is 501. The van der Waals surface area contributed by atoms with Crippen molar-refractivity contribution in [1.82, 2.24) is 9.78 Å². The molecule has 0 saturated heterocycles. The van der Waals surface area contributed by atoms with E-state index in [0.717, 1.165) is 28.5 Å². The lowest BCUT2D eigenvalue weighted by Crippen LogP contribution is -2.27. The average Bonchev–Trinajstić information content (AvgIpc) is 3.28. The SMILES string of the molecule is CC(C)(C)OC(=O)n1ccc(SCC(C2CC2)C2CC2)n1. The molecule has 0 aliphatic heterocycles. The first-order valence-electron chi connectivity index (χ1n) is 7.84. The molecule has 0 atom stereocenters. The summed E-state index contributed by atoms with van der Waals surface area (Å²) in [5.41, 5.74) is -0.487. The number of rotatable bonds is 5. The zero-order chi connectivity index (χ0) is 15.0. The number of hydrogen-bond acceptors (Lipinski definition) is 4. The van der Waals surface area contributed by atoms with Gasteiger partial charge < -0.3 is 4.74 Å². The third-order valence-electron chi connectivity index (χ3n) is 4.02. The fourth-order valence-corrected chi connectivity index (χ4v) is 3.89. The molecule has 3 rings (SSSR count). The molecular weight excluding hydrogens is 284 g/mol. The van der Waals surface area contributed by atoms with Crippen molar-refractivity contribution >= 4 is 17.9 Å². The van der Waals surface area contributed by atoms with Crippen LogP contribution in [-0.4, -0.2) is 27.2 Å². The standard InChI is InChI=1S/C16H24N2O2S/c1-16(2,3)20-15(19)18-9-8-14(17-18)21-10-13(11-4-5-11)12-6-7-12/h8-9,11-13H,4-7,10H2,1-3H3. The summed E-state index contributed by atoms with van der Waals surface area (Å²) in [4.78, 5) is 11.9. The second kappa shape index (κ2) is 5.67. The maximum Gasteiger partial charge on any atom is 0.435 e. The third kappa shape index (κ3) is 4.25. The smallest absolute Gasteiger partial charge is 0.435 e. The van der Waals surface area contributed by atoms with Crippen LogP contribution in [0.5, 0.6) is 0 Å². The molecule has 0 aromatic carbocycles. The van der Waals surface area contributed by atoms with Crippen LogP contribution in [0.3, 0.4) is 0 Å². The Morgan fingerprint density at radius 1 is 1.38 bits per heavy atom. The van der Waals surface area contributed by atoms with Gasteiger partial charge in [0.2, 0.25) is 0 Å². The summed E-state index contributed by atoms with van der Waals surface area (Å²) in [6.07, 6.45) is 6.93. The molecule has 2 saturated carbocycles. The van der Waals surface area contributed by atoms with Crippen molar-refractivity contribution in [2.45, 2.75) is 57.1 Å². The van der Waals surface area contributed by atoms with E-state index in [-0.39, 0.29) is 0 Å². The van der Waals surface area contributed by atoms with Crippen LogP contribution in [0.25, 0.3) is 0 Å². The van der Waals surface area contributed by atoms with E-state index in [1.54, 1.807) is 18.0 Å². The average molecular weight is 308 g/mol. The zero-order valence-electron chi connectivity index (χ0n) is 13.0.